The van der Waals surface area contributed by atoms with Gasteiger partial charge in [-0.1, -0.05) is 0 Å². The van der Waals surface area contributed by atoms with Crippen LogP contribution in [-0.2, 0) is 9.53 Å². The van der Waals surface area contributed by atoms with E-state index in [2.05, 4.69) is 33.7 Å². The number of morpholine rings is 1. The van der Waals surface area contributed by atoms with Crippen molar-refractivity contribution in [2.45, 2.75) is 61.0 Å². The molecule has 36 heavy (non-hydrogen) atoms. The van der Waals surface area contributed by atoms with Gasteiger partial charge in [0.05, 0.1) is 36.1 Å². The van der Waals surface area contributed by atoms with Crippen molar-refractivity contribution in [2.24, 2.45) is 0 Å². The standard InChI is InChI=1S/C25H31N7O3S/c1-24(6-7-24)28-36-18-10-19(30-8-9-31-17(12-30)14-35-15-21(31)33)20-11-27-22(32(20)13-18)23(34)29(2)25(16-26)4-3-5-25/h10-11,13,17,28H,3-9,12,14-15H2,1-2H3. The number of imidazole rings is 1. The molecular formula is C25H31N7O3S. The summed E-state index contributed by atoms with van der Waals surface area (Å²) in [7, 11) is 1.71. The van der Waals surface area contributed by atoms with E-state index in [9.17, 15) is 14.9 Å². The zero-order valence-corrected chi connectivity index (χ0v) is 21.5. The molecule has 4 heterocycles. The molecule has 4 fully saturated rings. The number of amides is 2. The maximum Gasteiger partial charge on any atom is 0.291 e. The fourth-order valence-electron chi connectivity index (χ4n) is 5.28. The van der Waals surface area contributed by atoms with Crippen LogP contribution in [0.2, 0.25) is 0 Å². The van der Waals surface area contributed by atoms with Crippen LogP contribution in [0.15, 0.2) is 23.4 Å². The fourth-order valence-corrected chi connectivity index (χ4v) is 6.18. The number of aromatic nitrogens is 2. The van der Waals surface area contributed by atoms with E-state index in [-0.39, 0.29) is 30.0 Å². The van der Waals surface area contributed by atoms with Crippen LogP contribution in [0, 0.1) is 11.3 Å². The largest absolute Gasteiger partial charge is 0.369 e. The van der Waals surface area contributed by atoms with Crippen LogP contribution in [0.4, 0.5) is 5.69 Å². The van der Waals surface area contributed by atoms with Gasteiger partial charge in [-0.2, -0.15) is 5.26 Å². The second-order valence-corrected chi connectivity index (χ2v) is 11.6. The Hall–Kier alpha value is -2.81. The minimum absolute atomic E-state index is 0.00381. The average Bonchev–Trinajstić information content (AvgIpc) is 3.44. The molecule has 2 saturated carbocycles. The van der Waals surface area contributed by atoms with Gasteiger partial charge in [0.2, 0.25) is 11.7 Å². The van der Waals surface area contributed by atoms with Gasteiger partial charge in [-0.25, -0.2) is 4.98 Å². The van der Waals surface area contributed by atoms with Crippen LogP contribution in [0.3, 0.4) is 0 Å². The Kier molecular flexibility index (Phi) is 5.66. The topological polar surface area (TPSA) is 106 Å². The summed E-state index contributed by atoms with van der Waals surface area (Å²) in [6, 6.07) is 4.50. The normalized spacial score (nSPS) is 24.1. The summed E-state index contributed by atoms with van der Waals surface area (Å²) in [4.78, 5) is 37.1. The number of carbonyl (C=O) groups is 2. The molecule has 1 atom stereocenters. The van der Waals surface area contributed by atoms with E-state index in [0.717, 1.165) is 35.4 Å². The lowest BCUT2D eigenvalue weighted by atomic mass is 9.76. The Morgan fingerprint density at radius 2 is 2.14 bits per heavy atom. The Balaban J connectivity index is 1.36. The molecule has 6 rings (SSSR count). The van der Waals surface area contributed by atoms with Crippen LogP contribution >= 0.6 is 11.9 Å². The average molecular weight is 510 g/mol. The second kappa shape index (κ2) is 8.64. The molecule has 10 nitrogen and oxygen atoms in total. The van der Waals surface area contributed by atoms with Crippen molar-refractivity contribution in [3.8, 4) is 6.07 Å². The monoisotopic (exact) mass is 509 g/mol. The number of anilines is 1. The van der Waals surface area contributed by atoms with Gasteiger partial charge in [0, 0.05) is 43.3 Å². The van der Waals surface area contributed by atoms with E-state index in [0.29, 0.717) is 44.9 Å². The summed E-state index contributed by atoms with van der Waals surface area (Å²) < 4.78 is 11.0. The first-order valence-corrected chi connectivity index (χ1v) is 13.4. The van der Waals surface area contributed by atoms with E-state index in [4.69, 9.17) is 4.74 Å². The number of nitrogens with one attached hydrogen (secondary N) is 1. The summed E-state index contributed by atoms with van der Waals surface area (Å²) in [6.07, 6.45) is 8.31. The van der Waals surface area contributed by atoms with Gasteiger partial charge >= 0.3 is 0 Å². The number of nitriles is 1. The first kappa shape index (κ1) is 23.6. The lowest BCUT2D eigenvalue weighted by Gasteiger charge is -2.44. The van der Waals surface area contributed by atoms with Crippen LogP contribution < -0.4 is 9.62 Å². The predicted octanol–water partition coefficient (Wildman–Crippen LogP) is 2.05. The molecule has 2 aliphatic carbocycles. The maximum atomic E-state index is 13.6. The summed E-state index contributed by atoms with van der Waals surface area (Å²) >= 11 is 1.57. The predicted molar refractivity (Wildman–Crippen MR) is 135 cm³/mol. The number of fused-ring (bicyclic) bond motifs is 2. The number of nitrogens with zero attached hydrogens (tertiary/aromatic N) is 6. The minimum Gasteiger partial charge on any atom is -0.369 e. The maximum absolute atomic E-state index is 13.6. The third-order valence-electron chi connectivity index (χ3n) is 8.22. The molecule has 0 spiro atoms. The molecule has 11 heteroatoms. The zero-order chi connectivity index (χ0) is 25.1. The summed E-state index contributed by atoms with van der Waals surface area (Å²) in [5.41, 5.74) is 1.21. The van der Waals surface area contributed by atoms with E-state index >= 15 is 0 Å². The summed E-state index contributed by atoms with van der Waals surface area (Å²) in [5.74, 6) is 0.109. The molecule has 2 aliphatic heterocycles. The first-order valence-electron chi connectivity index (χ1n) is 12.6. The zero-order valence-electron chi connectivity index (χ0n) is 20.7. The van der Waals surface area contributed by atoms with Crippen molar-refractivity contribution in [3.05, 3.63) is 24.3 Å². The smallest absolute Gasteiger partial charge is 0.291 e. The lowest BCUT2D eigenvalue weighted by molar-refractivity contribution is -0.148. The Labute approximate surface area is 214 Å². The van der Waals surface area contributed by atoms with Crippen molar-refractivity contribution in [1.82, 2.24) is 23.9 Å². The van der Waals surface area contributed by atoms with Crippen LogP contribution in [0.5, 0.6) is 0 Å². The number of ether oxygens (including phenoxy) is 1. The van der Waals surface area contributed by atoms with Gasteiger partial charge in [-0.3, -0.25) is 18.7 Å². The number of rotatable bonds is 6. The molecule has 1 N–H and O–H groups in total. The van der Waals surface area contributed by atoms with Crippen molar-refractivity contribution in [3.63, 3.8) is 0 Å². The van der Waals surface area contributed by atoms with Gasteiger partial charge < -0.3 is 19.4 Å². The Morgan fingerprint density at radius 3 is 2.83 bits per heavy atom. The highest BCUT2D eigenvalue weighted by molar-refractivity contribution is 7.97. The Bertz CT molecular complexity index is 1260. The molecule has 2 aromatic heterocycles. The third-order valence-corrected chi connectivity index (χ3v) is 9.27. The molecule has 2 amide bonds. The highest BCUT2D eigenvalue weighted by Crippen LogP contribution is 2.40. The quantitative estimate of drug-likeness (QED) is 0.590. The fraction of sp³-hybridized carbons (Fsp3) is 0.600. The van der Waals surface area contributed by atoms with Crippen molar-refractivity contribution in [1.29, 1.82) is 5.26 Å². The van der Waals surface area contributed by atoms with E-state index in [1.807, 2.05) is 15.5 Å². The van der Waals surface area contributed by atoms with Crippen LogP contribution in [0.25, 0.3) is 5.52 Å². The number of hydrogen-bond donors (Lipinski definition) is 1. The molecule has 1 unspecified atom stereocenters. The van der Waals surface area contributed by atoms with E-state index in [1.165, 1.54) is 0 Å². The Morgan fingerprint density at radius 1 is 1.33 bits per heavy atom. The van der Waals surface area contributed by atoms with E-state index < -0.39 is 5.54 Å². The van der Waals surface area contributed by atoms with Gasteiger partial charge in [0.15, 0.2) is 0 Å². The summed E-state index contributed by atoms with van der Waals surface area (Å²) in [6.45, 7) is 4.88. The first-order chi connectivity index (χ1) is 17.3. The summed E-state index contributed by atoms with van der Waals surface area (Å²) in [5, 5.41) is 9.76. The number of hydrogen-bond acceptors (Lipinski definition) is 8. The molecule has 2 saturated heterocycles. The molecule has 0 radical (unpaired) electrons. The van der Waals surface area contributed by atoms with Crippen LogP contribution in [0.1, 0.15) is 49.6 Å². The van der Waals surface area contributed by atoms with Crippen molar-refractivity contribution < 1.29 is 14.3 Å². The molecule has 190 valence electrons. The van der Waals surface area contributed by atoms with Gasteiger partial charge in [-0.15, -0.1) is 0 Å². The third kappa shape index (κ3) is 3.92. The highest BCUT2D eigenvalue weighted by atomic mass is 32.2. The van der Waals surface area contributed by atoms with E-state index in [1.54, 1.807) is 30.1 Å². The molecule has 0 bridgehead atoms. The number of pyridine rings is 1. The number of piperazine rings is 1. The minimum atomic E-state index is -0.746. The van der Waals surface area contributed by atoms with Crippen molar-refractivity contribution in [2.75, 3.05) is 44.8 Å². The van der Waals surface area contributed by atoms with Gasteiger partial charge in [-0.05, 0) is 57.0 Å². The van der Waals surface area contributed by atoms with Gasteiger partial charge in [0.1, 0.15) is 12.1 Å². The molecule has 4 aliphatic rings. The molecule has 0 aromatic carbocycles. The van der Waals surface area contributed by atoms with Gasteiger partial charge in [0.25, 0.3) is 5.91 Å². The SMILES string of the molecule is CN(C(=O)c1ncc2c(N3CCN4C(=O)COCC4C3)cc(SNC3(C)CC3)cn12)C1(C#N)CCC1. The molecular weight excluding hydrogens is 478 g/mol. The lowest BCUT2D eigenvalue weighted by Crippen LogP contribution is -2.60. The van der Waals surface area contributed by atoms with Crippen LogP contribution in [-0.4, -0.2) is 88.0 Å². The number of carbonyl (C=O) groups excluding carboxylic acids is 2. The second-order valence-electron chi connectivity index (χ2n) is 10.7. The molecule has 2 aromatic rings. The highest BCUT2D eigenvalue weighted by Gasteiger charge is 2.44. The van der Waals surface area contributed by atoms with Crippen molar-refractivity contribution >= 4 is 35.0 Å².